The maximum atomic E-state index is 12.0. The second-order valence-electron chi connectivity index (χ2n) is 4.13. The number of nitrogens with two attached hydrogens (primary N) is 1. The lowest BCUT2D eigenvalue weighted by Gasteiger charge is -2.12. The van der Waals surface area contributed by atoms with Crippen molar-refractivity contribution in [1.82, 2.24) is 0 Å². The molecule has 1 aromatic carbocycles. The fourth-order valence-electron chi connectivity index (χ4n) is 2.00. The molecule has 1 aliphatic rings. The van der Waals surface area contributed by atoms with Gasteiger partial charge in [0.15, 0.2) is 9.84 Å². The molecule has 0 saturated carbocycles. The van der Waals surface area contributed by atoms with Gasteiger partial charge >= 0.3 is 5.97 Å². The van der Waals surface area contributed by atoms with Gasteiger partial charge in [0, 0.05) is 6.04 Å². The van der Waals surface area contributed by atoms with Crippen molar-refractivity contribution >= 4 is 15.8 Å². The number of carboxylic acids is 1. The first-order valence-electron chi connectivity index (χ1n) is 5.27. The predicted octanol–water partition coefficient (Wildman–Crippen LogP) is 0.952. The highest BCUT2D eigenvalue weighted by molar-refractivity contribution is 7.91. The number of rotatable bonds is 1. The molecule has 2 rings (SSSR count). The zero-order chi connectivity index (χ0) is 12.6. The van der Waals surface area contributed by atoms with Crippen LogP contribution in [-0.2, 0) is 9.84 Å². The quantitative estimate of drug-likeness (QED) is 0.778. The lowest BCUT2D eigenvalue weighted by molar-refractivity contribution is 0.0696. The Morgan fingerprint density at radius 3 is 2.76 bits per heavy atom. The number of benzene rings is 1. The average molecular weight is 255 g/mol. The molecule has 0 bridgehead atoms. The standard InChI is InChI=1S/C11H13NO4S/c12-9-2-1-5-17(15,16)10-6-7(11(13)14)3-4-8(9)10/h3-4,6,9H,1-2,5,12H2,(H,13,14). The van der Waals surface area contributed by atoms with Crippen molar-refractivity contribution in [3.8, 4) is 0 Å². The van der Waals surface area contributed by atoms with Gasteiger partial charge in [0.05, 0.1) is 16.2 Å². The topological polar surface area (TPSA) is 97.5 Å². The smallest absolute Gasteiger partial charge is 0.335 e. The van der Waals surface area contributed by atoms with E-state index in [-0.39, 0.29) is 22.3 Å². The summed E-state index contributed by atoms with van der Waals surface area (Å²) in [6, 6.07) is 3.76. The zero-order valence-corrected chi connectivity index (χ0v) is 9.90. The Morgan fingerprint density at radius 1 is 1.41 bits per heavy atom. The minimum Gasteiger partial charge on any atom is -0.478 e. The van der Waals surface area contributed by atoms with Gasteiger partial charge < -0.3 is 10.8 Å². The van der Waals surface area contributed by atoms with Crippen LogP contribution >= 0.6 is 0 Å². The number of aromatic carboxylic acids is 1. The third kappa shape index (κ3) is 2.18. The lowest BCUT2D eigenvalue weighted by atomic mass is 10.0. The normalized spacial score (nSPS) is 22.5. The Morgan fingerprint density at radius 2 is 2.12 bits per heavy atom. The monoisotopic (exact) mass is 255 g/mol. The van der Waals surface area contributed by atoms with Gasteiger partial charge in [0.2, 0.25) is 0 Å². The Labute approximate surface area is 99.2 Å². The van der Waals surface area contributed by atoms with Crippen LogP contribution in [-0.4, -0.2) is 25.2 Å². The Balaban J connectivity index is 2.67. The molecular formula is C11H13NO4S. The van der Waals surface area contributed by atoms with Gasteiger partial charge in [0.25, 0.3) is 0 Å². The van der Waals surface area contributed by atoms with E-state index in [9.17, 15) is 13.2 Å². The summed E-state index contributed by atoms with van der Waals surface area (Å²) in [7, 11) is -3.41. The lowest BCUT2D eigenvalue weighted by Crippen LogP contribution is -2.12. The van der Waals surface area contributed by atoms with Crippen LogP contribution in [0, 0.1) is 0 Å². The minimum absolute atomic E-state index is 0.0246. The van der Waals surface area contributed by atoms with Crippen LogP contribution in [0.5, 0.6) is 0 Å². The van der Waals surface area contributed by atoms with Crippen LogP contribution in [0.3, 0.4) is 0 Å². The Hall–Kier alpha value is -1.40. The van der Waals surface area contributed by atoms with Gasteiger partial charge in [-0.25, -0.2) is 13.2 Å². The summed E-state index contributed by atoms with van der Waals surface area (Å²) >= 11 is 0. The highest BCUT2D eigenvalue weighted by Gasteiger charge is 2.26. The molecule has 6 heteroatoms. The van der Waals surface area contributed by atoms with Gasteiger partial charge in [-0.15, -0.1) is 0 Å². The Kier molecular flexibility index (Phi) is 2.92. The molecule has 1 heterocycles. The summed E-state index contributed by atoms with van der Waals surface area (Å²) in [6.07, 6.45) is 1.10. The summed E-state index contributed by atoms with van der Waals surface area (Å²) in [5.74, 6) is -1.11. The molecular weight excluding hydrogens is 242 g/mol. The van der Waals surface area contributed by atoms with E-state index in [0.717, 1.165) is 0 Å². The summed E-state index contributed by atoms with van der Waals surface area (Å²) in [5, 5.41) is 8.87. The molecule has 1 atom stereocenters. The van der Waals surface area contributed by atoms with Crippen LogP contribution in [0.15, 0.2) is 23.1 Å². The second-order valence-corrected chi connectivity index (χ2v) is 6.20. The highest BCUT2D eigenvalue weighted by atomic mass is 32.2. The third-order valence-electron chi connectivity index (χ3n) is 2.92. The maximum Gasteiger partial charge on any atom is 0.335 e. The molecule has 3 N–H and O–H groups in total. The van der Waals surface area contributed by atoms with Gasteiger partial charge in [-0.05, 0) is 30.5 Å². The number of sulfone groups is 1. The molecule has 0 radical (unpaired) electrons. The molecule has 1 aliphatic heterocycles. The van der Waals surface area contributed by atoms with Crippen molar-refractivity contribution in [2.24, 2.45) is 5.73 Å². The molecule has 92 valence electrons. The van der Waals surface area contributed by atoms with Crippen molar-refractivity contribution in [2.75, 3.05) is 5.75 Å². The molecule has 1 aromatic rings. The molecule has 0 fully saturated rings. The van der Waals surface area contributed by atoms with E-state index in [1.165, 1.54) is 18.2 Å². The molecule has 0 spiro atoms. The van der Waals surface area contributed by atoms with Gasteiger partial charge in [0.1, 0.15) is 0 Å². The van der Waals surface area contributed by atoms with Crippen LogP contribution < -0.4 is 5.73 Å². The van der Waals surface area contributed by atoms with Crippen LogP contribution in [0.1, 0.15) is 34.8 Å². The number of fused-ring (bicyclic) bond motifs is 1. The first-order chi connectivity index (χ1) is 7.92. The molecule has 0 amide bonds. The minimum atomic E-state index is -3.41. The molecule has 17 heavy (non-hydrogen) atoms. The van der Waals surface area contributed by atoms with E-state index in [0.29, 0.717) is 18.4 Å². The Bertz CT molecular complexity index is 565. The van der Waals surface area contributed by atoms with E-state index in [1.807, 2.05) is 0 Å². The summed E-state index contributed by atoms with van der Waals surface area (Å²) in [6.45, 7) is 0. The second kappa shape index (κ2) is 4.12. The molecule has 1 unspecified atom stereocenters. The fraction of sp³-hybridized carbons (Fsp3) is 0.364. The molecule has 0 saturated heterocycles. The van der Waals surface area contributed by atoms with E-state index in [1.54, 1.807) is 0 Å². The van der Waals surface area contributed by atoms with Crippen molar-refractivity contribution in [3.05, 3.63) is 29.3 Å². The molecule has 0 aromatic heterocycles. The van der Waals surface area contributed by atoms with Crippen molar-refractivity contribution < 1.29 is 18.3 Å². The third-order valence-corrected chi connectivity index (χ3v) is 4.77. The average Bonchev–Trinajstić information content (AvgIpc) is 2.37. The molecule has 0 aliphatic carbocycles. The van der Waals surface area contributed by atoms with Gasteiger partial charge in [-0.2, -0.15) is 0 Å². The predicted molar refractivity (Wildman–Crippen MR) is 61.6 cm³/mol. The van der Waals surface area contributed by atoms with Gasteiger partial charge in [-0.1, -0.05) is 6.07 Å². The van der Waals surface area contributed by atoms with Crippen molar-refractivity contribution in [2.45, 2.75) is 23.8 Å². The van der Waals surface area contributed by atoms with Crippen LogP contribution in [0.2, 0.25) is 0 Å². The number of carbonyl (C=O) groups is 1. The van der Waals surface area contributed by atoms with Crippen LogP contribution in [0.25, 0.3) is 0 Å². The van der Waals surface area contributed by atoms with Crippen molar-refractivity contribution in [3.63, 3.8) is 0 Å². The van der Waals surface area contributed by atoms with Gasteiger partial charge in [-0.3, -0.25) is 0 Å². The summed E-state index contributed by atoms with van der Waals surface area (Å²) in [5.41, 5.74) is 6.38. The summed E-state index contributed by atoms with van der Waals surface area (Å²) < 4.78 is 23.9. The zero-order valence-electron chi connectivity index (χ0n) is 9.09. The van der Waals surface area contributed by atoms with E-state index in [2.05, 4.69) is 0 Å². The number of hydrogen-bond acceptors (Lipinski definition) is 4. The highest BCUT2D eigenvalue weighted by Crippen LogP contribution is 2.30. The van der Waals surface area contributed by atoms with E-state index < -0.39 is 15.8 Å². The van der Waals surface area contributed by atoms with E-state index >= 15 is 0 Å². The largest absolute Gasteiger partial charge is 0.478 e. The summed E-state index contributed by atoms with van der Waals surface area (Å²) in [4.78, 5) is 10.9. The van der Waals surface area contributed by atoms with Crippen molar-refractivity contribution in [1.29, 1.82) is 0 Å². The SMILES string of the molecule is NC1CCCS(=O)(=O)c2cc(C(=O)O)ccc21. The maximum absolute atomic E-state index is 12.0. The first kappa shape index (κ1) is 12.1. The van der Waals surface area contributed by atoms with Crippen LogP contribution in [0.4, 0.5) is 0 Å². The number of hydrogen-bond donors (Lipinski definition) is 2. The first-order valence-corrected chi connectivity index (χ1v) is 6.92. The molecule has 5 nitrogen and oxygen atoms in total. The fourth-order valence-corrected chi connectivity index (χ4v) is 3.65. The van der Waals surface area contributed by atoms with E-state index in [4.69, 9.17) is 10.8 Å². The number of carboxylic acid groups (broad SMARTS) is 1.